The van der Waals surface area contributed by atoms with Crippen LogP contribution in [0, 0.1) is 0 Å². The number of benzene rings is 1. The maximum absolute atomic E-state index is 5.84. The van der Waals surface area contributed by atoms with Gasteiger partial charge in [0.25, 0.3) is 0 Å². The minimum Gasteiger partial charge on any atom is -0.467 e. The number of nitrogens with zero attached hydrogens (tertiary/aromatic N) is 1. The number of nitrogens with two attached hydrogens (primary N) is 1. The van der Waals surface area contributed by atoms with E-state index in [4.69, 9.17) is 10.2 Å². The molecule has 0 amide bonds. The van der Waals surface area contributed by atoms with Gasteiger partial charge in [-0.25, -0.2) is 0 Å². The molecule has 1 saturated carbocycles. The molecule has 1 fully saturated rings. The fourth-order valence-electron chi connectivity index (χ4n) is 2.09. The summed E-state index contributed by atoms with van der Waals surface area (Å²) in [6.45, 7) is 0.821. The van der Waals surface area contributed by atoms with Crippen LogP contribution in [0.25, 0.3) is 0 Å². The summed E-state index contributed by atoms with van der Waals surface area (Å²) in [5.41, 5.74) is 7.84. The Morgan fingerprint density at radius 2 is 2.12 bits per heavy atom. The molecule has 1 aromatic carbocycles. The summed E-state index contributed by atoms with van der Waals surface area (Å²) in [6, 6.07) is 12.6. The van der Waals surface area contributed by atoms with E-state index in [1.807, 2.05) is 30.3 Å². The number of nitrogen functional groups attached to an aromatic ring is 1. The van der Waals surface area contributed by atoms with Crippen LogP contribution in [0.4, 0.5) is 11.4 Å². The van der Waals surface area contributed by atoms with Crippen LogP contribution in [0.15, 0.2) is 47.1 Å². The van der Waals surface area contributed by atoms with E-state index in [0.29, 0.717) is 6.04 Å². The van der Waals surface area contributed by atoms with Crippen molar-refractivity contribution in [1.29, 1.82) is 0 Å². The lowest BCUT2D eigenvalue weighted by molar-refractivity contribution is 0.501. The predicted molar refractivity (Wildman–Crippen MR) is 68.8 cm³/mol. The Bertz CT molecular complexity index is 489. The molecule has 0 spiro atoms. The molecule has 1 heterocycles. The average Bonchev–Trinajstić information content (AvgIpc) is 3.03. The molecule has 1 aliphatic rings. The van der Waals surface area contributed by atoms with Gasteiger partial charge in [0.1, 0.15) is 5.76 Å². The highest BCUT2D eigenvalue weighted by molar-refractivity contribution is 5.57. The van der Waals surface area contributed by atoms with Gasteiger partial charge < -0.3 is 15.1 Å². The lowest BCUT2D eigenvalue weighted by atomic mass is 10.2. The zero-order valence-electron chi connectivity index (χ0n) is 9.67. The SMILES string of the molecule is Nc1cccc(N(Cc2ccco2)C2CC2)c1. The third-order valence-corrected chi connectivity index (χ3v) is 3.10. The maximum Gasteiger partial charge on any atom is 0.123 e. The molecule has 0 atom stereocenters. The molecule has 2 aromatic rings. The quantitative estimate of drug-likeness (QED) is 0.818. The van der Waals surface area contributed by atoms with E-state index in [-0.39, 0.29) is 0 Å². The first-order valence-corrected chi connectivity index (χ1v) is 5.97. The molecule has 1 aliphatic carbocycles. The molecular formula is C14H16N2O. The molecule has 0 aliphatic heterocycles. The van der Waals surface area contributed by atoms with Crippen LogP contribution < -0.4 is 10.6 Å². The zero-order valence-corrected chi connectivity index (χ0v) is 9.67. The fourth-order valence-corrected chi connectivity index (χ4v) is 2.09. The molecule has 0 radical (unpaired) electrons. The summed E-state index contributed by atoms with van der Waals surface area (Å²) in [5, 5.41) is 0. The van der Waals surface area contributed by atoms with Crippen LogP contribution in [0.2, 0.25) is 0 Å². The van der Waals surface area contributed by atoms with Crippen molar-refractivity contribution in [3.63, 3.8) is 0 Å². The number of hydrogen-bond acceptors (Lipinski definition) is 3. The van der Waals surface area contributed by atoms with E-state index in [1.54, 1.807) is 6.26 Å². The highest BCUT2D eigenvalue weighted by Gasteiger charge is 2.29. The number of hydrogen-bond donors (Lipinski definition) is 1. The first kappa shape index (κ1) is 10.3. The Balaban J connectivity index is 1.85. The minimum atomic E-state index is 0.641. The van der Waals surface area contributed by atoms with Gasteiger partial charge in [0.2, 0.25) is 0 Å². The molecule has 1 aromatic heterocycles. The molecule has 3 rings (SSSR count). The van der Waals surface area contributed by atoms with E-state index in [2.05, 4.69) is 11.0 Å². The van der Waals surface area contributed by atoms with E-state index >= 15 is 0 Å². The Hall–Kier alpha value is -1.90. The van der Waals surface area contributed by atoms with E-state index in [0.717, 1.165) is 18.0 Å². The second-order valence-electron chi connectivity index (χ2n) is 4.53. The van der Waals surface area contributed by atoms with Gasteiger partial charge in [0.15, 0.2) is 0 Å². The number of anilines is 2. The van der Waals surface area contributed by atoms with Crippen molar-refractivity contribution in [3.8, 4) is 0 Å². The molecule has 88 valence electrons. The van der Waals surface area contributed by atoms with Gasteiger partial charge in [-0.1, -0.05) is 6.07 Å². The molecule has 3 heteroatoms. The Morgan fingerprint density at radius 1 is 1.24 bits per heavy atom. The lowest BCUT2D eigenvalue weighted by Gasteiger charge is -2.23. The summed E-state index contributed by atoms with van der Waals surface area (Å²) in [4.78, 5) is 2.37. The fraction of sp³-hybridized carbons (Fsp3) is 0.286. The molecule has 0 unspecified atom stereocenters. The van der Waals surface area contributed by atoms with Gasteiger partial charge in [-0.05, 0) is 43.2 Å². The van der Waals surface area contributed by atoms with Gasteiger partial charge >= 0.3 is 0 Å². The van der Waals surface area contributed by atoms with Crippen LogP contribution in [0.3, 0.4) is 0 Å². The average molecular weight is 228 g/mol. The van der Waals surface area contributed by atoms with Crippen molar-refractivity contribution in [2.75, 3.05) is 10.6 Å². The second-order valence-corrected chi connectivity index (χ2v) is 4.53. The van der Waals surface area contributed by atoms with Crippen molar-refractivity contribution >= 4 is 11.4 Å². The summed E-state index contributed by atoms with van der Waals surface area (Å²) in [5.74, 6) is 0.999. The van der Waals surface area contributed by atoms with Crippen molar-refractivity contribution in [1.82, 2.24) is 0 Å². The van der Waals surface area contributed by atoms with E-state index in [9.17, 15) is 0 Å². The first-order chi connectivity index (χ1) is 8.33. The molecular weight excluding hydrogens is 212 g/mol. The number of rotatable bonds is 4. The summed E-state index contributed by atoms with van der Waals surface area (Å²) < 4.78 is 5.42. The summed E-state index contributed by atoms with van der Waals surface area (Å²) >= 11 is 0. The molecule has 2 N–H and O–H groups in total. The van der Waals surface area contributed by atoms with Crippen molar-refractivity contribution < 1.29 is 4.42 Å². The zero-order chi connectivity index (χ0) is 11.7. The van der Waals surface area contributed by atoms with Gasteiger partial charge in [0, 0.05) is 17.4 Å². The van der Waals surface area contributed by atoms with Crippen molar-refractivity contribution in [3.05, 3.63) is 48.4 Å². The lowest BCUT2D eigenvalue weighted by Crippen LogP contribution is -2.24. The monoisotopic (exact) mass is 228 g/mol. The molecule has 0 bridgehead atoms. The third-order valence-electron chi connectivity index (χ3n) is 3.10. The highest BCUT2D eigenvalue weighted by Crippen LogP contribution is 2.33. The van der Waals surface area contributed by atoms with Crippen LogP contribution in [-0.2, 0) is 6.54 Å². The van der Waals surface area contributed by atoms with Gasteiger partial charge in [-0.3, -0.25) is 0 Å². The first-order valence-electron chi connectivity index (χ1n) is 5.97. The van der Waals surface area contributed by atoms with Crippen LogP contribution >= 0.6 is 0 Å². The normalized spacial score (nSPS) is 14.8. The second kappa shape index (κ2) is 4.17. The Morgan fingerprint density at radius 3 is 2.76 bits per heavy atom. The van der Waals surface area contributed by atoms with Gasteiger partial charge in [-0.15, -0.1) is 0 Å². The van der Waals surface area contributed by atoms with Crippen LogP contribution in [0.1, 0.15) is 18.6 Å². The summed E-state index contributed by atoms with van der Waals surface area (Å²) in [7, 11) is 0. The van der Waals surface area contributed by atoms with E-state index < -0.39 is 0 Å². The molecule has 17 heavy (non-hydrogen) atoms. The van der Waals surface area contributed by atoms with Crippen molar-refractivity contribution in [2.45, 2.75) is 25.4 Å². The van der Waals surface area contributed by atoms with E-state index in [1.165, 1.54) is 18.5 Å². The predicted octanol–water partition coefficient (Wildman–Crippen LogP) is 3.03. The maximum atomic E-state index is 5.84. The Kier molecular flexibility index (Phi) is 2.52. The summed E-state index contributed by atoms with van der Waals surface area (Å²) in [6.07, 6.45) is 4.24. The minimum absolute atomic E-state index is 0.641. The topological polar surface area (TPSA) is 42.4 Å². The van der Waals surface area contributed by atoms with Gasteiger partial charge in [0.05, 0.1) is 12.8 Å². The Labute approximate surface area is 101 Å². The van der Waals surface area contributed by atoms with Crippen molar-refractivity contribution in [2.24, 2.45) is 0 Å². The van der Waals surface area contributed by atoms with Crippen LogP contribution in [0.5, 0.6) is 0 Å². The molecule has 0 saturated heterocycles. The standard InChI is InChI=1S/C14H16N2O/c15-11-3-1-4-13(9-11)16(12-6-7-12)10-14-5-2-8-17-14/h1-5,8-9,12H,6-7,10,15H2. The third kappa shape index (κ3) is 2.28. The highest BCUT2D eigenvalue weighted by atomic mass is 16.3. The largest absolute Gasteiger partial charge is 0.467 e. The van der Waals surface area contributed by atoms with Crippen LogP contribution in [-0.4, -0.2) is 6.04 Å². The van der Waals surface area contributed by atoms with Gasteiger partial charge in [-0.2, -0.15) is 0 Å². The smallest absolute Gasteiger partial charge is 0.123 e. The molecule has 3 nitrogen and oxygen atoms in total. The number of furan rings is 1.